The molecule has 0 atom stereocenters. The maximum atomic E-state index is 5.19. The van der Waals surface area contributed by atoms with Gasteiger partial charge < -0.3 is 9.13 Å². The van der Waals surface area contributed by atoms with Gasteiger partial charge in [0.05, 0.1) is 33.3 Å². The van der Waals surface area contributed by atoms with Crippen LogP contribution in [0.3, 0.4) is 0 Å². The second-order valence-electron chi connectivity index (χ2n) is 17.8. The third kappa shape index (κ3) is 5.09. The summed E-state index contributed by atoms with van der Waals surface area (Å²) in [6.45, 7) is 0. The fraction of sp³-hybridized carbons (Fsp3) is 0. The van der Waals surface area contributed by atoms with Gasteiger partial charge in [0.25, 0.3) is 0 Å². The molecule has 66 heavy (non-hydrogen) atoms. The molecule has 14 aromatic rings. The van der Waals surface area contributed by atoms with E-state index < -0.39 is 0 Å². The van der Waals surface area contributed by atoms with Gasteiger partial charge in [0.1, 0.15) is 0 Å². The molecule has 0 radical (unpaired) electrons. The Labute approximate surface area is 378 Å². The number of nitrogens with zero attached hydrogens (tertiary/aromatic N) is 4. The highest BCUT2D eigenvalue weighted by Crippen LogP contribution is 2.46. The number of hydrogen-bond donors (Lipinski definition) is 0. The molecule has 0 amide bonds. The summed E-state index contributed by atoms with van der Waals surface area (Å²) in [6, 6.07) is 79.9. The van der Waals surface area contributed by atoms with E-state index in [1.807, 2.05) is 0 Å². The Morgan fingerprint density at radius 3 is 1.52 bits per heavy atom. The summed E-state index contributed by atoms with van der Waals surface area (Å²) in [4.78, 5) is 10.3. The quantitative estimate of drug-likeness (QED) is 0.177. The van der Waals surface area contributed by atoms with Crippen LogP contribution < -0.4 is 0 Å². The van der Waals surface area contributed by atoms with E-state index in [9.17, 15) is 0 Å². The van der Waals surface area contributed by atoms with Crippen molar-refractivity contribution in [2.75, 3.05) is 0 Å². The lowest BCUT2D eigenvalue weighted by Gasteiger charge is -2.12. The van der Waals surface area contributed by atoms with E-state index in [1.54, 1.807) is 0 Å². The number of fused-ring (bicyclic) bond motifs is 12. The van der Waals surface area contributed by atoms with Gasteiger partial charge in [0.2, 0.25) is 0 Å². The predicted octanol–water partition coefficient (Wildman–Crippen LogP) is 16.3. The van der Waals surface area contributed by atoms with Crippen molar-refractivity contribution in [1.29, 1.82) is 0 Å². The second-order valence-corrected chi connectivity index (χ2v) is 17.8. The Kier molecular flexibility index (Phi) is 7.19. The fourth-order valence-corrected chi connectivity index (χ4v) is 11.1. The summed E-state index contributed by atoms with van der Waals surface area (Å²) < 4.78 is 4.81. The molecule has 0 saturated heterocycles. The summed E-state index contributed by atoms with van der Waals surface area (Å²) in [5.74, 6) is 0.750. The average Bonchev–Trinajstić information content (AvgIpc) is 4.00. The lowest BCUT2D eigenvalue weighted by molar-refractivity contribution is 1.18. The molecule has 0 unspecified atom stereocenters. The van der Waals surface area contributed by atoms with Crippen molar-refractivity contribution in [1.82, 2.24) is 19.1 Å². The van der Waals surface area contributed by atoms with Crippen LogP contribution in [-0.4, -0.2) is 19.1 Å². The molecule has 0 N–H and O–H groups in total. The van der Waals surface area contributed by atoms with Crippen LogP contribution in [0.1, 0.15) is 0 Å². The van der Waals surface area contributed by atoms with Gasteiger partial charge in [-0.15, -0.1) is 0 Å². The largest absolute Gasteiger partial charge is 0.309 e. The minimum Gasteiger partial charge on any atom is -0.309 e. The van der Waals surface area contributed by atoms with E-state index in [1.165, 1.54) is 104 Å². The van der Waals surface area contributed by atoms with E-state index in [0.717, 1.165) is 39.1 Å². The average molecular weight is 837 g/mol. The lowest BCUT2D eigenvalue weighted by Crippen LogP contribution is -1.95. The van der Waals surface area contributed by atoms with Crippen molar-refractivity contribution in [3.63, 3.8) is 0 Å². The highest BCUT2D eigenvalue weighted by atomic mass is 15.0. The zero-order chi connectivity index (χ0) is 43.0. The molecule has 1 aliphatic rings. The number of benzene rings is 11. The van der Waals surface area contributed by atoms with Gasteiger partial charge in [-0.1, -0.05) is 133 Å². The number of rotatable bonds is 4. The molecular weight excluding hydrogens is 801 g/mol. The van der Waals surface area contributed by atoms with E-state index in [0.29, 0.717) is 0 Å². The Morgan fingerprint density at radius 2 is 0.818 bits per heavy atom. The van der Waals surface area contributed by atoms with E-state index in [-0.39, 0.29) is 0 Å². The molecule has 0 aliphatic heterocycles. The monoisotopic (exact) mass is 836 g/mol. The summed E-state index contributed by atoms with van der Waals surface area (Å²) in [5.41, 5.74) is 16.2. The predicted molar refractivity (Wildman–Crippen MR) is 276 cm³/mol. The van der Waals surface area contributed by atoms with Crippen molar-refractivity contribution >= 4 is 86.8 Å². The maximum Gasteiger partial charge on any atom is 0.160 e. The smallest absolute Gasteiger partial charge is 0.160 e. The van der Waals surface area contributed by atoms with Crippen molar-refractivity contribution in [2.45, 2.75) is 0 Å². The van der Waals surface area contributed by atoms with Gasteiger partial charge in [0.15, 0.2) is 5.82 Å². The van der Waals surface area contributed by atoms with Crippen LogP contribution in [-0.2, 0) is 0 Å². The molecular formula is C62H36N4. The first-order valence-electron chi connectivity index (χ1n) is 22.6. The van der Waals surface area contributed by atoms with Gasteiger partial charge in [0, 0.05) is 49.4 Å². The molecule has 0 spiro atoms. The van der Waals surface area contributed by atoms with Crippen molar-refractivity contribution in [3.8, 4) is 56.3 Å². The van der Waals surface area contributed by atoms with Crippen molar-refractivity contribution in [3.05, 3.63) is 218 Å². The van der Waals surface area contributed by atoms with Gasteiger partial charge in [-0.3, -0.25) is 0 Å². The van der Waals surface area contributed by atoms with Crippen molar-refractivity contribution in [2.24, 2.45) is 0 Å². The third-order valence-corrected chi connectivity index (χ3v) is 14.1. The topological polar surface area (TPSA) is 35.6 Å². The molecule has 4 heteroatoms. The molecule has 1 aliphatic carbocycles. The van der Waals surface area contributed by atoms with E-state index in [4.69, 9.17) is 9.97 Å². The minimum atomic E-state index is 0.750. The van der Waals surface area contributed by atoms with Crippen LogP contribution in [0.4, 0.5) is 0 Å². The highest BCUT2D eigenvalue weighted by Gasteiger charge is 2.24. The van der Waals surface area contributed by atoms with Crippen LogP contribution in [0.2, 0.25) is 0 Å². The zero-order valence-electron chi connectivity index (χ0n) is 35.6. The molecule has 11 aromatic carbocycles. The lowest BCUT2D eigenvalue weighted by atomic mass is 9.97. The van der Waals surface area contributed by atoms with Crippen LogP contribution >= 0.6 is 0 Å². The second kappa shape index (κ2) is 13.3. The standard InChI is InChI=1S/C62H36N4/c1-2-11-46(12-3-1)65-56-19-8-6-14-49(56)53-33-44-30-37(21-23-41(44)35-58(53)65)38-22-24-42-36-59-54(34-45(42)31-38)50-15-7-9-20-57(50)66(59)47-28-27-39-29-43(26-25-40(39)32-47)62-63-55-18-10-17-51-48-13-4-5-16-52(48)61(64-62)60(51)55/h1-36H. The summed E-state index contributed by atoms with van der Waals surface area (Å²) in [5, 5.41) is 13.4. The van der Waals surface area contributed by atoms with E-state index >= 15 is 0 Å². The summed E-state index contributed by atoms with van der Waals surface area (Å²) in [6.07, 6.45) is 0. The Morgan fingerprint density at radius 1 is 0.288 bits per heavy atom. The van der Waals surface area contributed by atoms with Gasteiger partial charge in [-0.05, 0) is 140 Å². The Balaban J connectivity index is 0.816. The molecule has 304 valence electrons. The van der Waals surface area contributed by atoms with Crippen LogP contribution in [0.5, 0.6) is 0 Å². The first-order valence-corrected chi connectivity index (χ1v) is 22.6. The highest BCUT2D eigenvalue weighted by molar-refractivity contribution is 6.16. The normalized spacial score (nSPS) is 12.2. The SMILES string of the molecule is c1ccc(-n2c3ccccc3c3cc4cc(-c5ccc6cc7c(cc6c5)c5ccccc5n7-c5ccc6cc(-c7nc8c9c(cccc9n7)-c7ccccc7-8)ccc6c5)ccc4cc32)cc1. The molecule has 0 bridgehead atoms. The fourth-order valence-electron chi connectivity index (χ4n) is 11.1. The van der Waals surface area contributed by atoms with Crippen molar-refractivity contribution < 1.29 is 0 Å². The first-order chi connectivity index (χ1) is 32.7. The first kappa shape index (κ1) is 35.6. The molecule has 3 aromatic heterocycles. The minimum absolute atomic E-state index is 0.750. The summed E-state index contributed by atoms with van der Waals surface area (Å²) in [7, 11) is 0. The number of aromatic nitrogens is 4. The Hall–Kier alpha value is -8.86. The Bertz CT molecular complexity index is 4400. The van der Waals surface area contributed by atoms with E-state index in [2.05, 4.69) is 228 Å². The zero-order valence-corrected chi connectivity index (χ0v) is 35.6. The molecule has 0 fully saturated rings. The molecule has 0 saturated carbocycles. The number of hydrogen-bond acceptors (Lipinski definition) is 2. The third-order valence-electron chi connectivity index (χ3n) is 14.1. The van der Waals surface area contributed by atoms with Gasteiger partial charge >= 0.3 is 0 Å². The molecule has 15 rings (SSSR count). The van der Waals surface area contributed by atoms with Crippen LogP contribution in [0.25, 0.3) is 143 Å². The maximum absolute atomic E-state index is 5.19. The van der Waals surface area contributed by atoms with Gasteiger partial charge in [-0.2, -0.15) is 0 Å². The summed E-state index contributed by atoms with van der Waals surface area (Å²) >= 11 is 0. The molecule has 3 heterocycles. The van der Waals surface area contributed by atoms with Crippen LogP contribution in [0, 0.1) is 0 Å². The van der Waals surface area contributed by atoms with Gasteiger partial charge in [-0.25, -0.2) is 9.97 Å². The molecule has 4 nitrogen and oxygen atoms in total. The van der Waals surface area contributed by atoms with Crippen LogP contribution in [0.15, 0.2) is 218 Å². The number of para-hydroxylation sites is 3.